The van der Waals surface area contributed by atoms with Crippen LogP contribution in [0.5, 0.6) is 11.5 Å². The van der Waals surface area contributed by atoms with Crippen LogP contribution in [-0.4, -0.2) is 157 Å². The van der Waals surface area contributed by atoms with Gasteiger partial charge in [-0.05, 0) is 29.7 Å². The van der Waals surface area contributed by atoms with Gasteiger partial charge in [0.1, 0.15) is 54.9 Å². The van der Waals surface area contributed by atoms with E-state index in [2.05, 4.69) is 4.90 Å². The number of rotatable bonds is 7. The van der Waals surface area contributed by atoms with Gasteiger partial charge in [0.25, 0.3) is 0 Å². The van der Waals surface area contributed by atoms with E-state index in [9.17, 15) is 46.0 Å². The van der Waals surface area contributed by atoms with Gasteiger partial charge in [0.05, 0.1) is 26.4 Å². The molecule has 240 valence electrons. The zero-order valence-electron chi connectivity index (χ0n) is 23.4. The van der Waals surface area contributed by atoms with Gasteiger partial charge in [-0.3, -0.25) is 4.90 Å². The van der Waals surface area contributed by atoms with Crippen LogP contribution in [0.25, 0.3) is 0 Å². The minimum Gasteiger partial charge on any atom is -0.504 e. The maximum atomic E-state index is 10.8. The Balaban J connectivity index is 1.41. The van der Waals surface area contributed by atoms with Crippen molar-refractivity contribution in [3.63, 3.8) is 0 Å². The predicted molar refractivity (Wildman–Crippen MR) is 142 cm³/mol. The summed E-state index contributed by atoms with van der Waals surface area (Å²) in [6, 6.07) is 3.09. The topological polar surface area (TPSA) is 231 Å². The Morgan fingerprint density at radius 3 is 2.02 bits per heavy atom. The highest BCUT2D eigenvalue weighted by molar-refractivity contribution is 5.52. The maximum absolute atomic E-state index is 10.8. The molecule has 0 aromatic heterocycles. The first-order chi connectivity index (χ1) is 20.6. The number of fused-ring (bicyclic) bond motifs is 2. The molecule has 1 aromatic carbocycles. The van der Waals surface area contributed by atoms with Gasteiger partial charge in [-0.1, -0.05) is 11.6 Å². The molecule has 0 unspecified atom stereocenters. The van der Waals surface area contributed by atoms with Crippen LogP contribution < -0.4 is 4.74 Å². The van der Waals surface area contributed by atoms with Gasteiger partial charge in [-0.25, -0.2) is 0 Å². The lowest BCUT2D eigenvalue weighted by Crippen LogP contribution is -2.63. The van der Waals surface area contributed by atoms with E-state index >= 15 is 0 Å². The van der Waals surface area contributed by atoms with Crippen molar-refractivity contribution >= 4 is 0 Å². The van der Waals surface area contributed by atoms with Gasteiger partial charge in [-0.2, -0.15) is 0 Å². The van der Waals surface area contributed by atoms with Gasteiger partial charge >= 0.3 is 0 Å². The van der Waals surface area contributed by atoms with E-state index in [1.54, 1.807) is 18.2 Å². The first-order valence-corrected chi connectivity index (χ1v) is 14.3. The van der Waals surface area contributed by atoms with E-state index in [-0.39, 0.29) is 17.5 Å². The van der Waals surface area contributed by atoms with E-state index in [4.69, 9.17) is 23.7 Å². The maximum Gasteiger partial charge on any atom is 0.187 e. The van der Waals surface area contributed by atoms with E-state index in [0.29, 0.717) is 25.1 Å². The molecule has 0 amide bonds. The van der Waals surface area contributed by atoms with Crippen LogP contribution in [0.15, 0.2) is 23.8 Å². The molecule has 9 N–H and O–H groups in total. The third-order valence-electron chi connectivity index (χ3n) is 9.31. The van der Waals surface area contributed by atoms with E-state index in [0.717, 1.165) is 11.1 Å². The van der Waals surface area contributed by atoms with E-state index in [1.807, 2.05) is 0 Å². The van der Waals surface area contributed by atoms with Crippen LogP contribution in [0, 0.1) is 0 Å². The SMILES string of the molecule is COc1cc2c(cc1O)[C@H]1[C@H](O[C@@H]3O[C@H](CO)[C@@H](O)[C@H](O)[C@H]3O)[C@@H](O[C@@H]3O[C@H](CO)[C@@H](O)[C@H](O)[C@H]3O)C=C3CCN(C2)[C@H]31. The van der Waals surface area contributed by atoms with Crippen LogP contribution in [0.2, 0.25) is 0 Å². The summed E-state index contributed by atoms with van der Waals surface area (Å²) < 4.78 is 29.2. The highest BCUT2D eigenvalue weighted by Crippen LogP contribution is 2.51. The molecule has 1 aromatic rings. The molecule has 4 heterocycles. The summed E-state index contributed by atoms with van der Waals surface area (Å²) in [6.07, 6.45) is -15.2. The molecule has 15 heteroatoms. The highest BCUT2D eigenvalue weighted by Gasteiger charge is 2.55. The molecular formula is C28H39NO14. The molecule has 4 aliphatic heterocycles. The molecule has 0 radical (unpaired) electrons. The van der Waals surface area contributed by atoms with Crippen LogP contribution in [0.3, 0.4) is 0 Å². The molecule has 43 heavy (non-hydrogen) atoms. The standard InChI is InChI=1S/C28H39NO14/c1-39-14-5-11-7-29-3-2-10-4-15(40-27-24(37)22(35)20(33)16(8-30)41-27)26(18(19(10)29)12(11)6-13(14)32)43-28-25(38)23(36)21(34)17(9-31)42-28/h4-6,15-28,30-38H,2-3,7-9H2,1H3/t15-,16+,17+,18+,19+,20+,21+,22-,23-,24+,25+,26+,27+,28-/m0/s1. The number of methoxy groups -OCH3 is 1. The van der Waals surface area contributed by atoms with Crippen LogP contribution >= 0.6 is 0 Å². The molecule has 0 saturated carbocycles. The summed E-state index contributed by atoms with van der Waals surface area (Å²) in [5, 5.41) is 93.1. The summed E-state index contributed by atoms with van der Waals surface area (Å²) in [7, 11) is 1.44. The van der Waals surface area contributed by atoms with Crippen molar-refractivity contribution < 1.29 is 69.6 Å². The molecule has 0 spiro atoms. The molecular weight excluding hydrogens is 574 g/mol. The second-order valence-electron chi connectivity index (χ2n) is 11.8. The second kappa shape index (κ2) is 12.1. The lowest BCUT2D eigenvalue weighted by Gasteiger charge is -2.50. The Labute approximate surface area is 246 Å². The fraction of sp³-hybridized carbons (Fsp3) is 0.714. The normalized spacial score (nSPS) is 44.4. The average Bonchev–Trinajstić information content (AvgIpc) is 3.41. The summed E-state index contributed by atoms with van der Waals surface area (Å²) >= 11 is 0. The number of hydrogen-bond acceptors (Lipinski definition) is 15. The Kier molecular flexibility index (Phi) is 8.73. The molecule has 14 atom stereocenters. The minimum atomic E-state index is -1.72. The van der Waals surface area contributed by atoms with E-state index < -0.39 is 92.8 Å². The highest BCUT2D eigenvalue weighted by atomic mass is 16.7. The molecule has 1 aliphatic carbocycles. The summed E-state index contributed by atoms with van der Waals surface area (Å²) in [5.41, 5.74) is 2.52. The summed E-state index contributed by atoms with van der Waals surface area (Å²) in [5.74, 6) is -0.393. The molecule has 0 bridgehead atoms. The van der Waals surface area contributed by atoms with Gasteiger partial charge in [0, 0.05) is 25.0 Å². The lowest BCUT2D eigenvalue weighted by molar-refractivity contribution is -0.339. The fourth-order valence-electron chi connectivity index (χ4n) is 7.05. The van der Waals surface area contributed by atoms with Crippen molar-refractivity contribution in [2.75, 3.05) is 26.9 Å². The van der Waals surface area contributed by atoms with Crippen molar-refractivity contribution in [2.24, 2.45) is 0 Å². The molecule has 6 rings (SSSR count). The molecule has 3 saturated heterocycles. The molecule has 15 nitrogen and oxygen atoms in total. The van der Waals surface area contributed by atoms with Gasteiger partial charge < -0.3 is 69.6 Å². The number of aliphatic hydroxyl groups excluding tert-OH is 8. The first kappa shape index (κ1) is 31.0. The van der Waals surface area contributed by atoms with E-state index in [1.165, 1.54) is 7.11 Å². The minimum absolute atomic E-state index is 0.109. The third-order valence-corrected chi connectivity index (χ3v) is 9.31. The number of phenolic OH excluding ortho intramolecular Hbond substituents is 1. The molecule has 3 fully saturated rings. The summed E-state index contributed by atoms with van der Waals surface area (Å²) in [4.78, 5) is 2.23. The number of nitrogens with zero attached hydrogens (tertiary/aromatic N) is 1. The van der Waals surface area contributed by atoms with Crippen molar-refractivity contribution in [2.45, 2.75) is 98.5 Å². The van der Waals surface area contributed by atoms with Crippen LogP contribution in [0.1, 0.15) is 23.5 Å². The van der Waals surface area contributed by atoms with Crippen molar-refractivity contribution in [3.05, 3.63) is 34.9 Å². The van der Waals surface area contributed by atoms with Crippen molar-refractivity contribution in [1.82, 2.24) is 4.90 Å². The number of aliphatic hydroxyl groups is 8. The zero-order valence-corrected chi connectivity index (χ0v) is 23.4. The monoisotopic (exact) mass is 613 g/mol. The number of aromatic hydroxyl groups is 1. The van der Waals surface area contributed by atoms with Gasteiger partial charge in [-0.15, -0.1) is 0 Å². The third kappa shape index (κ3) is 5.25. The van der Waals surface area contributed by atoms with Gasteiger partial charge in [0.2, 0.25) is 0 Å². The Morgan fingerprint density at radius 2 is 1.44 bits per heavy atom. The van der Waals surface area contributed by atoms with Crippen molar-refractivity contribution in [1.29, 1.82) is 0 Å². The summed E-state index contributed by atoms with van der Waals surface area (Å²) in [6.45, 7) is -0.0825. The largest absolute Gasteiger partial charge is 0.504 e. The second-order valence-corrected chi connectivity index (χ2v) is 11.8. The Morgan fingerprint density at radius 1 is 0.837 bits per heavy atom. The van der Waals surface area contributed by atoms with Gasteiger partial charge in [0.15, 0.2) is 24.1 Å². The Hall–Kier alpha value is -1.96. The smallest absolute Gasteiger partial charge is 0.187 e. The molecule has 5 aliphatic rings. The number of benzene rings is 1. The lowest BCUT2D eigenvalue weighted by atomic mass is 9.73. The Bertz CT molecular complexity index is 1200. The quantitative estimate of drug-likeness (QED) is 0.135. The van der Waals surface area contributed by atoms with Crippen LogP contribution in [-0.2, 0) is 25.5 Å². The van der Waals surface area contributed by atoms with Crippen LogP contribution in [0.4, 0.5) is 0 Å². The number of ether oxygens (including phenoxy) is 5. The first-order valence-electron chi connectivity index (χ1n) is 14.3. The number of phenols is 1. The van der Waals surface area contributed by atoms with Crippen molar-refractivity contribution in [3.8, 4) is 11.5 Å². The average molecular weight is 614 g/mol. The zero-order chi connectivity index (χ0) is 30.7. The predicted octanol–water partition coefficient (Wildman–Crippen LogP) is -3.62. The number of hydrogen-bond donors (Lipinski definition) is 9. The fourth-order valence-corrected chi connectivity index (χ4v) is 7.05.